The van der Waals surface area contributed by atoms with Crippen LogP contribution in [0.4, 0.5) is 5.82 Å². The quantitative estimate of drug-likeness (QED) is 0.887. The van der Waals surface area contributed by atoms with Crippen molar-refractivity contribution in [2.45, 2.75) is 39.8 Å². The molecule has 2 aromatic rings. The fraction of sp³-hybridized carbons (Fsp3) is 0.600. The number of piperidine rings is 1. The second-order valence-corrected chi connectivity index (χ2v) is 7.36. The van der Waals surface area contributed by atoms with Gasteiger partial charge in [0.25, 0.3) is 0 Å². The average Bonchev–Trinajstić information content (AvgIpc) is 2.70. The highest BCUT2D eigenvalue weighted by atomic mass is 32.1. The number of anilines is 1. The molecular formula is C15H23N5S. The number of aromatic nitrogens is 2. The van der Waals surface area contributed by atoms with Crippen molar-refractivity contribution in [3.05, 3.63) is 16.3 Å². The molecule has 114 valence electrons. The summed E-state index contributed by atoms with van der Waals surface area (Å²) in [6.45, 7) is 9.17. The molecule has 0 aromatic carbocycles. The highest BCUT2D eigenvalue weighted by Gasteiger charge is 2.24. The zero-order valence-electron chi connectivity index (χ0n) is 12.9. The molecule has 1 saturated heterocycles. The number of nitrogens with two attached hydrogens (primary N) is 2. The van der Waals surface area contributed by atoms with Gasteiger partial charge in [0, 0.05) is 24.0 Å². The Bertz CT molecular complexity index is 666. The number of hydrogen-bond donors (Lipinski definition) is 2. The maximum absolute atomic E-state index is 6.14. The van der Waals surface area contributed by atoms with Crippen molar-refractivity contribution in [1.29, 1.82) is 0 Å². The molecule has 2 aromatic heterocycles. The number of nitrogen functional groups attached to an aromatic ring is 1. The summed E-state index contributed by atoms with van der Waals surface area (Å²) in [4.78, 5) is 13.9. The van der Waals surface area contributed by atoms with Gasteiger partial charge in [-0.05, 0) is 31.7 Å². The second kappa shape index (κ2) is 5.51. The van der Waals surface area contributed by atoms with Crippen LogP contribution >= 0.6 is 11.3 Å². The summed E-state index contributed by atoms with van der Waals surface area (Å²) in [6.07, 6.45) is 1.04. The first-order chi connectivity index (χ1) is 9.95. The molecule has 0 amide bonds. The lowest BCUT2D eigenvalue weighted by Crippen LogP contribution is -2.45. The van der Waals surface area contributed by atoms with Crippen molar-refractivity contribution in [2.75, 3.05) is 18.8 Å². The van der Waals surface area contributed by atoms with Crippen molar-refractivity contribution in [3.63, 3.8) is 0 Å². The van der Waals surface area contributed by atoms with E-state index >= 15 is 0 Å². The molecule has 0 bridgehead atoms. The summed E-state index contributed by atoms with van der Waals surface area (Å²) in [7, 11) is 0. The second-order valence-electron chi connectivity index (χ2n) is 6.15. The number of thiophene rings is 1. The zero-order valence-corrected chi connectivity index (χ0v) is 13.7. The van der Waals surface area contributed by atoms with E-state index in [1.54, 1.807) is 11.3 Å². The third kappa shape index (κ3) is 2.75. The van der Waals surface area contributed by atoms with E-state index in [4.69, 9.17) is 16.5 Å². The first-order valence-electron chi connectivity index (χ1n) is 7.45. The maximum Gasteiger partial charge on any atom is 0.146 e. The van der Waals surface area contributed by atoms with Crippen LogP contribution < -0.4 is 11.5 Å². The van der Waals surface area contributed by atoms with Gasteiger partial charge in [-0.15, -0.1) is 11.3 Å². The molecule has 3 heterocycles. The highest BCUT2D eigenvalue weighted by molar-refractivity contribution is 7.18. The van der Waals surface area contributed by atoms with Crippen molar-refractivity contribution < 1.29 is 0 Å². The van der Waals surface area contributed by atoms with Gasteiger partial charge in [0.05, 0.1) is 11.9 Å². The number of nitrogens with zero attached hydrogens (tertiary/aromatic N) is 3. The first-order valence-corrected chi connectivity index (χ1v) is 8.27. The zero-order chi connectivity index (χ0) is 15.1. The van der Waals surface area contributed by atoms with E-state index in [0.717, 1.165) is 42.1 Å². The minimum Gasteiger partial charge on any atom is -0.383 e. The summed E-state index contributed by atoms with van der Waals surface area (Å²) >= 11 is 1.70. The number of aryl methyl sites for hydroxylation is 2. The van der Waals surface area contributed by atoms with Crippen LogP contribution in [-0.4, -0.2) is 34.0 Å². The first kappa shape index (κ1) is 14.7. The summed E-state index contributed by atoms with van der Waals surface area (Å²) in [6, 6.07) is 0.317. The van der Waals surface area contributed by atoms with Gasteiger partial charge < -0.3 is 11.5 Å². The van der Waals surface area contributed by atoms with E-state index in [1.165, 1.54) is 10.4 Å². The van der Waals surface area contributed by atoms with Crippen LogP contribution in [0.1, 0.15) is 29.6 Å². The van der Waals surface area contributed by atoms with Gasteiger partial charge in [-0.25, -0.2) is 9.97 Å². The minimum atomic E-state index is 0.317. The fourth-order valence-electron chi connectivity index (χ4n) is 2.99. The van der Waals surface area contributed by atoms with Crippen LogP contribution in [0.2, 0.25) is 0 Å². The van der Waals surface area contributed by atoms with Gasteiger partial charge in [-0.3, -0.25) is 4.90 Å². The van der Waals surface area contributed by atoms with Gasteiger partial charge in [-0.1, -0.05) is 6.92 Å². The van der Waals surface area contributed by atoms with Gasteiger partial charge in [-0.2, -0.15) is 0 Å². The monoisotopic (exact) mass is 305 g/mol. The molecule has 0 spiro atoms. The Labute approximate surface area is 129 Å². The summed E-state index contributed by atoms with van der Waals surface area (Å²) in [5.74, 6) is 1.95. The molecule has 0 aliphatic carbocycles. The van der Waals surface area contributed by atoms with Crippen LogP contribution in [-0.2, 0) is 6.54 Å². The van der Waals surface area contributed by atoms with Crippen LogP contribution in [0, 0.1) is 19.8 Å². The van der Waals surface area contributed by atoms with Crippen LogP contribution in [0.5, 0.6) is 0 Å². The van der Waals surface area contributed by atoms with E-state index in [2.05, 4.69) is 30.7 Å². The number of fused-ring (bicyclic) bond motifs is 1. The van der Waals surface area contributed by atoms with Crippen molar-refractivity contribution >= 4 is 27.4 Å². The molecule has 5 nitrogen and oxygen atoms in total. The Morgan fingerprint density at radius 1 is 1.33 bits per heavy atom. The minimum absolute atomic E-state index is 0.317. The van der Waals surface area contributed by atoms with Crippen molar-refractivity contribution in [2.24, 2.45) is 11.7 Å². The van der Waals surface area contributed by atoms with Crippen LogP contribution in [0.15, 0.2) is 0 Å². The Morgan fingerprint density at radius 2 is 2.10 bits per heavy atom. The Kier molecular flexibility index (Phi) is 3.86. The van der Waals surface area contributed by atoms with Gasteiger partial charge in [0.15, 0.2) is 0 Å². The maximum atomic E-state index is 6.14. The number of hydrogen-bond acceptors (Lipinski definition) is 6. The molecule has 6 heteroatoms. The van der Waals surface area contributed by atoms with Gasteiger partial charge in [0.1, 0.15) is 16.5 Å². The topological polar surface area (TPSA) is 81.1 Å². The van der Waals surface area contributed by atoms with E-state index in [9.17, 15) is 0 Å². The molecule has 0 saturated carbocycles. The third-order valence-electron chi connectivity index (χ3n) is 4.52. The summed E-state index contributed by atoms with van der Waals surface area (Å²) in [5.41, 5.74) is 13.4. The Balaban J connectivity index is 1.85. The Hall–Kier alpha value is -1.24. The molecular weight excluding hydrogens is 282 g/mol. The largest absolute Gasteiger partial charge is 0.383 e. The lowest BCUT2D eigenvalue weighted by atomic mass is 9.95. The van der Waals surface area contributed by atoms with E-state index in [1.807, 2.05) is 0 Å². The number of rotatable bonds is 2. The average molecular weight is 305 g/mol. The molecule has 1 aliphatic heterocycles. The lowest BCUT2D eigenvalue weighted by molar-refractivity contribution is 0.155. The summed E-state index contributed by atoms with van der Waals surface area (Å²) < 4.78 is 0. The highest BCUT2D eigenvalue weighted by Crippen LogP contribution is 2.32. The normalized spacial score (nSPS) is 23.8. The van der Waals surface area contributed by atoms with Gasteiger partial charge >= 0.3 is 0 Å². The third-order valence-corrected chi connectivity index (χ3v) is 5.62. The van der Waals surface area contributed by atoms with E-state index < -0.39 is 0 Å². The summed E-state index contributed by atoms with van der Waals surface area (Å²) in [5, 5.41) is 1.02. The lowest BCUT2D eigenvalue weighted by Gasteiger charge is -2.34. The Morgan fingerprint density at radius 3 is 2.81 bits per heavy atom. The van der Waals surface area contributed by atoms with Crippen molar-refractivity contribution in [3.8, 4) is 0 Å². The van der Waals surface area contributed by atoms with Crippen molar-refractivity contribution in [1.82, 2.24) is 14.9 Å². The predicted molar refractivity (Wildman–Crippen MR) is 88.3 cm³/mol. The molecule has 1 aliphatic rings. The SMILES string of the molecule is Cc1sc2nc(CN3CCC(N)C(C)C3)nc(N)c2c1C. The van der Waals surface area contributed by atoms with Crippen LogP contribution in [0.3, 0.4) is 0 Å². The molecule has 0 radical (unpaired) electrons. The molecule has 2 unspecified atom stereocenters. The van der Waals surface area contributed by atoms with E-state index in [-0.39, 0.29) is 0 Å². The van der Waals surface area contributed by atoms with Crippen LogP contribution in [0.25, 0.3) is 10.2 Å². The molecule has 2 atom stereocenters. The van der Waals surface area contributed by atoms with Gasteiger partial charge in [0.2, 0.25) is 0 Å². The number of likely N-dealkylation sites (tertiary alicyclic amines) is 1. The smallest absolute Gasteiger partial charge is 0.146 e. The fourth-order valence-corrected chi connectivity index (χ4v) is 4.05. The molecule has 21 heavy (non-hydrogen) atoms. The van der Waals surface area contributed by atoms with E-state index in [0.29, 0.717) is 17.8 Å². The molecule has 1 fully saturated rings. The predicted octanol–water partition coefficient (Wildman–Crippen LogP) is 2.06. The molecule has 4 N–H and O–H groups in total. The standard InChI is InChI=1S/C15H23N5S/c1-8-6-20(5-4-11(8)16)7-12-18-14(17)13-9(2)10(3)21-15(13)19-12/h8,11H,4-7,16H2,1-3H3,(H2,17,18,19). The molecule has 3 rings (SSSR count).